The highest BCUT2D eigenvalue weighted by atomic mass is 19.4. The van der Waals surface area contributed by atoms with E-state index in [1.54, 1.807) is 0 Å². The van der Waals surface area contributed by atoms with Gasteiger partial charge in [0, 0.05) is 11.7 Å². The monoisotopic (exact) mass is 271 g/mol. The summed E-state index contributed by atoms with van der Waals surface area (Å²) in [5.41, 5.74) is 0.193. The van der Waals surface area contributed by atoms with Gasteiger partial charge in [-0.05, 0) is 43.0 Å². The predicted octanol–water partition coefficient (Wildman–Crippen LogP) is 5.09. The summed E-state index contributed by atoms with van der Waals surface area (Å²) >= 11 is 0. The van der Waals surface area contributed by atoms with Crippen molar-refractivity contribution in [3.05, 3.63) is 29.8 Å². The van der Waals surface area contributed by atoms with Crippen LogP contribution < -0.4 is 5.32 Å². The molecule has 0 saturated heterocycles. The highest BCUT2D eigenvalue weighted by Crippen LogP contribution is 2.31. The molecular formula is C15H20F3N. The number of benzene rings is 1. The van der Waals surface area contributed by atoms with E-state index in [4.69, 9.17) is 0 Å². The molecule has 0 spiro atoms. The molecule has 0 bridgehead atoms. The van der Waals surface area contributed by atoms with Crippen LogP contribution >= 0.6 is 0 Å². The molecule has 1 N–H and O–H groups in total. The van der Waals surface area contributed by atoms with Crippen molar-refractivity contribution >= 4 is 5.69 Å². The summed E-state index contributed by atoms with van der Waals surface area (Å²) in [4.78, 5) is 0. The third kappa shape index (κ3) is 3.88. The quantitative estimate of drug-likeness (QED) is 0.739. The van der Waals surface area contributed by atoms with Crippen LogP contribution in [0.25, 0.3) is 0 Å². The van der Waals surface area contributed by atoms with Gasteiger partial charge in [-0.2, -0.15) is 13.2 Å². The van der Waals surface area contributed by atoms with Gasteiger partial charge in [-0.15, -0.1) is 0 Å². The SMILES string of the molecule is CC1CCCCCC1Nc1ccc(C(F)(F)F)cc1. The second kappa shape index (κ2) is 5.85. The van der Waals surface area contributed by atoms with Crippen molar-refractivity contribution in [3.63, 3.8) is 0 Å². The molecule has 1 aromatic rings. The minimum atomic E-state index is -4.26. The summed E-state index contributed by atoms with van der Waals surface area (Å²) in [6, 6.07) is 5.72. The maximum absolute atomic E-state index is 12.5. The van der Waals surface area contributed by atoms with Crippen molar-refractivity contribution in [1.82, 2.24) is 0 Å². The van der Waals surface area contributed by atoms with E-state index in [2.05, 4.69) is 12.2 Å². The standard InChI is InChI=1S/C15H20F3N/c1-11-5-3-2-4-6-14(11)19-13-9-7-12(8-10-13)15(16,17)18/h7-11,14,19H,2-6H2,1H3. The Balaban J connectivity index is 2.02. The summed E-state index contributed by atoms with van der Waals surface area (Å²) in [6.45, 7) is 2.22. The van der Waals surface area contributed by atoms with Crippen molar-refractivity contribution in [1.29, 1.82) is 0 Å². The van der Waals surface area contributed by atoms with E-state index in [0.717, 1.165) is 24.2 Å². The minimum absolute atomic E-state index is 0.374. The van der Waals surface area contributed by atoms with E-state index in [-0.39, 0.29) is 0 Å². The van der Waals surface area contributed by atoms with Gasteiger partial charge in [0.25, 0.3) is 0 Å². The smallest absolute Gasteiger partial charge is 0.382 e. The lowest BCUT2D eigenvalue weighted by Crippen LogP contribution is -2.26. The van der Waals surface area contributed by atoms with Crippen molar-refractivity contribution < 1.29 is 13.2 Å². The molecule has 2 atom stereocenters. The number of hydrogen-bond donors (Lipinski definition) is 1. The Kier molecular flexibility index (Phi) is 4.38. The predicted molar refractivity (Wildman–Crippen MR) is 71.1 cm³/mol. The highest BCUT2D eigenvalue weighted by Gasteiger charge is 2.30. The Bertz CT molecular complexity index is 397. The zero-order valence-corrected chi connectivity index (χ0v) is 11.1. The third-order valence-corrected chi connectivity index (χ3v) is 3.93. The number of anilines is 1. The van der Waals surface area contributed by atoms with Gasteiger partial charge in [0.2, 0.25) is 0 Å². The van der Waals surface area contributed by atoms with Gasteiger partial charge in [0.05, 0.1) is 5.56 Å². The summed E-state index contributed by atoms with van der Waals surface area (Å²) in [6.07, 6.45) is 1.75. The molecule has 2 unspecified atom stereocenters. The second-order valence-electron chi connectivity index (χ2n) is 5.44. The van der Waals surface area contributed by atoms with Crippen LogP contribution in [0.5, 0.6) is 0 Å². The van der Waals surface area contributed by atoms with Crippen LogP contribution in [-0.4, -0.2) is 6.04 Å². The van der Waals surface area contributed by atoms with Crippen LogP contribution in [0.15, 0.2) is 24.3 Å². The Morgan fingerprint density at radius 1 is 1.00 bits per heavy atom. The van der Waals surface area contributed by atoms with Gasteiger partial charge in [0.1, 0.15) is 0 Å². The molecule has 0 radical (unpaired) electrons. The average molecular weight is 271 g/mol. The molecule has 106 valence electrons. The molecule has 2 rings (SSSR count). The fourth-order valence-corrected chi connectivity index (χ4v) is 2.68. The summed E-state index contributed by atoms with van der Waals surface area (Å²) in [5.74, 6) is 0.574. The van der Waals surface area contributed by atoms with Crippen molar-refractivity contribution in [2.75, 3.05) is 5.32 Å². The van der Waals surface area contributed by atoms with Crippen molar-refractivity contribution in [2.45, 2.75) is 51.2 Å². The molecule has 0 amide bonds. The molecule has 0 aromatic heterocycles. The van der Waals surface area contributed by atoms with Crippen molar-refractivity contribution in [3.8, 4) is 0 Å². The fraction of sp³-hybridized carbons (Fsp3) is 0.600. The Labute approximate surface area is 112 Å². The molecule has 1 fully saturated rings. The maximum Gasteiger partial charge on any atom is 0.416 e. The molecule has 1 aliphatic rings. The van der Waals surface area contributed by atoms with Crippen LogP contribution in [0.1, 0.15) is 44.6 Å². The zero-order valence-electron chi connectivity index (χ0n) is 11.1. The molecule has 0 heterocycles. The second-order valence-corrected chi connectivity index (χ2v) is 5.44. The summed E-state index contributed by atoms with van der Waals surface area (Å²) in [5, 5.41) is 3.38. The van der Waals surface area contributed by atoms with E-state index < -0.39 is 11.7 Å². The van der Waals surface area contributed by atoms with Gasteiger partial charge < -0.3 is 5.32 Å². The number of rotatable bonds is 2. The van der Waals surface area contributed by atoms with E-state index in [1.165, 1.54) is 37.8 Å². The van der Waals surface area contributed by atoms with E-state index in [1.807, 2.05) is 0 Å². The lowest BCUT2D eigenvalue weighted by molar-refractivity contribution is -0.137. The van der Waals surface area contributed by atoms with Crippen LogP contribution in [0.2, 0.25) is 0 Å². The first-order chi connectivity index (χ1) is 8.97. The number of hydrogen-bond acceptors (Lipinski definition) is 1. The maximum atomic E-state index is 12.5. The zero-order chi connectivity index (χ0) is 13.9. The first kappa shape index (κ1) is 14.2. The number of alkyl halides is 3. The molecular weight excluding hydrogens is 251 g/mol. The van der Waals surface area contributed by atoms with Gasteiger partial charge >= 0.3 is 6.18 Å². The molecule has 1 aromatic carbocycles. The number of halogens is 3. The van der Waals surface area contributed by atoms with E-state index in [0.29, 0.717) is 12.0 Å². The van der Waals surface area contributed by atoms with Crippen molar-refractivity contribution in [2.24, 2.45) is 5.92 Å². The van der Waals surface area contributed by atoms with Gasteiger partial charge in [-0.25, -0.2) is 0 Å². The Hall–Kier alpha value is -1.19. The summed E-state index contributed by atoms with van der Waals surface area (Å²) < 4.78 is 37.4. The molecule has 19 heavy (non-hydrogen) atoms. The normalized spacial score (nSPS) is 24.8. The van der Waals surface area contributed by atoms with Crippen LogP contribution in [0, 0.1) is 5.92 Å². The van der Waals surface area contributed by atoms with E-state index in [9.17, 15) is 13.2 Å². The molecule has 4 heteroatoms. The Morgan fingerprint density at radius 3 is 2.26 bits per heavy atom. The third-order valence-electron chi connectivity index (χ3n) is 3.93. The minimum Gasteiger partial charge on any atom is -0.382 e. The van der Waals surface area contributed by atoms with Gasteiger partial charge in [-0.1, -0.05) is 26.2 Å². The molecule has 1 nitrogen and oxygen atoms in total. The van der Waals surface area contributed by atoms with Gasteiger partial charge in [0.15, 0.2) is 0 Å². The van der Waals surface area contributed by atoms with Gasteiger partial charge in [-0.3, -0.25) is 0 Å². The molecule has 1 saturated carbocycles. The fourth-order valence-electron chi connectivity index (χ4n) is 2.68. The van der Waals surface area contributed by atoms with Crippen LogP contribution in [0.4, 0.5) is 18.9 Å². The molecule has 1 aliphatic carbocycles. The van der Waals surface area contributed by atoms with E-state index >= 15 is 0 Å². The number of nitrogens with one attached hydrogen (secondary N) is 1. The largest absolute Gasteiger partial charge is 0.416 e. The Morgan fingerprint density at radius 2 is 1.63 bits per heavy atom. The lowest BCUT2D eigenvalue weighted by atomic mass is 9.96. The highest BCUT2D eigenvalue weighted by molar-refractivity contribution is 5.46. The topological polar surface area (TPSA) is 12.0 Å². The first-order valence-electron chi connectivity index (χ1n) is 6.90. The first-order valence-corrected chi connectivity index (χ1v) is 6.90. The van der Waals surface area contributed by atoms with Crippen LogP contribution in [-0.2, 0) is 6.18 Å². The summed E-state index contributed by atoms with van der Waals surface area (Å²) in [7, 11) is 0. The lowest BCUT2D eigenvalue weighted by Gasteiger charge is -2.24. The molecule has 0 aliphatic heterocycles. The average Bonchev–Trinajstić information content (AvgIpc) is 2.55. The van der Waals surface area contributed by atoms with Crippen LogP contribution in [0.3, 0.4) is 0 Å².